The molecule has 0 spiro atoms. The molecule has 3 rings (SSSR count). The van der Waals surface area contributed by atoms with E-state index >= 15 is 0 Å². The van der Waals surface area contributed by atoms with Crippen molar-refractivity contribution >= 4 is 35.2 Å². The maximum atomic E-state index is 12.3. The molecule has 164 valence electrons. The summed E-state index contributed by atoms with van der Waals surface area (Å²) in [5.74, 6) is -0.366. The summed E-state index contributed by atoms with van der Waals surface area (Å²) < 4.78 is 40.2. The van der Waals surface area contributed by atoms with Crippen LogP contribution in [0.2, 0.25) is 0 Å². The van der Waals surface area contributed by atoms with Crippen molar-refractivity contribution in [1.29, 1.82) is 0 Å². The van der Waals surface area contributed by atoms with Crippen LogP contribution in [0.5, 0.6) is 5.75 Å². The number of halogens is 3. The second-order valence-corrected chi connectivity index (χ2v) is 7.79. The van der Waals surface area contributed by atoms with Gasteiger partial charge in [-0.25, -0.2) is 0 Å². The number of benzene rings is 2. The van der Waals surface area contributed by atoms with Crippen molar-refractivity contribution in [2.75, 3.05) is 23.4 Å². The van der Waals surface area contributed by atoms with Gasteiger partial charge in [0.05, 0.1) is 16.9 Å². The molecule has 2 aromatic carbocycles. The van der Waals surface area contributed by atoms with Gasteiger partial charge in [0.25, 0.3) is 11.8 Å². The van der Waals surface area contributed by atoms with E-state index in [1.165, 1.54) is 28.8 Å². The van der Waals surface area contributed by atoms with Crippen molar-refractivity contribution in [3.05, 3.63) is 59.7 Å². The Bertz CT molecular complexity index is 929. The lowest BCUT2D eigenvalue weighted by Crippen LogP contribution is -2.30. The molecule has 1 aliphatic rings. The van der Waals surface area contributed by atoms with Gasteiger partial charge in [-0.15, -0.1) is 13.2 Å². The molecule has 1 N–H and O–H groups in total. The Morgan fingerprint density at radius 3 is 2.16 bits per heavy atom. The van der Waals surface area contributed by atoms with Gasteiger partial charge in [0.15, 0.2) is 0 Å². The number of thioether (sulfide) groups is 1. The summed E-state index contributed by atoms with van der Waals surface area (Å²) >= 11 is 1.39. The second kappa shape index (κ2) is 9.86. The monoisotopic (exact) mass is 452 g/mol. The fourth-order valence-electron chi connectivity index (χ4n) is 3.02. The van der Waals surface area contributed by atoms with Gasteiger partial charge in [-0.2, -0.15) is 11.8 Å². The van der Waals surface area contributed by atoms with E-state index in [1.807, 2.05) is 0 Å². The lowest BCUT2D eigenvalue weighted by atomic mass is 10.1. The Hall–Kier alpha value is -3.01. The third kappa shape index (κ3) is 6.24. The molecule has 2 aromatic rings. The number of ether oxygens (including phenoxy) is 1. The maximum absolute atomic E-state index is 12.3. The van der Waals surface area contributed by atoms with Gasteiger partial charge in [0.1, 0.15) is 5.75 Å². The Balaban J connectivity index is 1.32. The molecule has 0 bridgehead atoms. The highest BCUT2D eigenvalue weighted by molar-refractivity contribution is 7.99. The van der Waals surface area contributed by atoms with Crippen molar-refractivity contribution in [2.45, 2.75) is 19.2 Å². The zero-order valence-corrected chi connectivity index (χ0v) is 17.1. The smallest absolute Gasteiger partial charge is 0.406 e. The normalized spacial score (nSPS) is 13.3. The van der Waals surface area contributed by atoms with Gasteiger partial charge in [-0.1, -0.05) is 12.1 Å². The first-order valence-corrected chi connectivity index (χ1v) is 10.6. The predicted octanol–water partition coefficient (Wildman–Crippen LogP) is 4.33. The number of amides is 3. The number of carbonyl (C=O) groups is 3. The van der Waals surface area contributed by atoms with Crippen LogP contribution < -0.4 is 10.1 Å². The van der Waals surface area contributed by atoms with E-state index in [2.05, 4.69) is 10.1 Å². The van der Waals surface area contributed by atoms with Crippen LogP contribution in [0.3, 0.4) is 0 Å². The number of fused-ring (bicyclic) bond motifs is 1. The molecule has 6 nitrogen and oxygen atoms in total. The van der Waals surface area contributed by atoms with Crippen molar-refractivity contribution in [2.24, 2.45) is 0 Å². The van der Waals surface area contributed by atoms with Crippen LogP contribution in [0.25, 0.3) is 0 Å². The first-order chi connectivity index (χ1) is 14.7. The molecule has 1 heterocycles. The van der Waals surface area contributed by atoms with E-state index in [9.17, 15) is 27.6 Å². The Labute approximate surface area is 180 Å². The van der Waals surface area contributed by atoms with Crippen LogP contribution in [-0.4, -0.2) is 47.0 Å². The highest BCUT2D eigenvalue weighted by Gasteiger charge is 2.34. The summed E-state index contributed by atoms with van der Waals surface area (Å²) in [6.45, 7) is 0.325. The van der Waals surface area contributed by atoms with Crippen molar-refractivity contribution in [1.82, 2.24) is 4.90 Å². The predicted molar refractivity (Wildman–Crippen MR) is 110 cm³/mol. The fourth-order valence-corrected chi connectivity index (χ4v) is 3.83. The zero-order chi connectivity index (χ0) is 22.4. The SMILES string of the molecule is O=C(CSCCCCN1C(=O)c2ccccc2C1=O)Nc1ccc(OC(F)(F)F)cc1. The zero-order valence-electron chi connectivity index (χ0n) is 16.3. The second-order valence-electron chi connectivity index (χ2n) is 6.69. The number of anilines is 1. The first-order valence-electron chi connectivity index (χ1n) is 9.43. The van der Waals surface area contributed by atoms with Crippen molar-refractivity contribution < 1.29 is 32.3 Å². The molecule has 0 saturated carbocycles. The number of alkyl halides is 3. The van der Waals surface area contributed by atoms with E-state index in [4.69, 9.17) is 0 Å². The highest BCUT2D eigenvalue weighted by Crippen LogP contribution is 2.24. The third-order valence-corrected chi connectivity index (χ3v) is 5.45. The number of hydrogen-bond acceptors (Lipinski definition) is 5. The van der Waals surface area contributed by atoms with E-state index in [-0.39, 0.29) is 29.2 Å². The molecule has 1 aliphatic heterocycles. The van der Waals surface area contributed by atoms with Crippen molar-refractivity contribution in [3.8, 4) is 5.75 Å². The van der Waals surface area contributed by atoms with Gasteiger partial charge in [-0.05, 0) is 55.0 Å². The number of imide groups is 1. The Kier molecular flexibility index (Phi) is 7.21. The molecule has 0 aromatic heterocycles. The molecule has 0 unspecified atom stereocenters. The summed E-state index contributed by atoms with van der Waals surface area (Å²) in [5, 5.41) is 2.60. The number of nitrogens with one attached hydrogen (secondary N) is 1. The summed E-state index contributed by atoms with van der Waals surface area (Å²) in [5.41, 5.74) is 1.22. The summed E-state index contributed by atoms with van der Waals surface area (Å²) in [6, 6.07) is 11.6. The number of hydrogen-bond donors (Lipinski definition) is 1. The Morgan fingerprint density at radius 2 is 1.58 bits per heavy atom. The summed E-state index contributed by atoms with van der Waals surface area (Å²) in [4.78, 5) is 37.7. The molecular weight excluding hydrogens is 433 g/mol. The largest absolute Gasteiger partial charge is 0.573 e. The minimum atomic E-state index is -4.76. The van der Waals surface area contributed by atoms with Crippen LogP contribution in [0, 0.1) is 0 Å². The molecule has 0 fully saturated rings. The molecule has 0 atom stereocenters. The van der Waals surface area contributed by atoms with E-state index in [1.54, 1.807) is 24.3 Å². The molecule has 3 amide bonds. The highest BCUT2D eigenvalue weighted by atomic mass is 32.2. The average Bonchev–Trinajstić information content (AvgIpc) is 2.96. The van der Waals surface area contributed by atoms with Crippen LogP contribution in [0.15, 0.2) is 48.5 Å². The molecule has 10 heteroatoms. The van der Waals surface area contributed by atoms with Gasteiger partial charge >= 0.3 is 6.36 Å². The average molecular weight is 452 g/mol. The van der Waals surface area contributed by atoms with Gasteiger partial charge in [0.2, 0.25) is 5.91 Å². The summed E-state index contributed by atoms with van der Waals surface area (Å²) in [6.07, 6.45) is -3.42. The van der Waals surface area contributed by atoms with Crippen LogP contribution in [0.1, 0.15) is 33.6 Å². The maximum Gasteiger partial charge on any atom is 0.573 e. The molecule has 31 heavy (non-hydrogen) atoms. The van der Waals surface area contributed by atoms with Gasteiger partial charge in [-0.3, -0.25) is 19.3 Å². The third-order valence-electron chi connectivity index (χ3n) is 4.40. The number of nitrogens with zero attached hydrogens (tertiary/aromatic N) is 1. The van der Waals surface area contributed by atoms with E-state index in [0.29, 0.717) is 35.5 Å². The van der Waals surface area contributed by atoms with Gasteiger partial charge < -0.3 is 10.1 Å². The lowest BCUT2D eigenvalue weighted by Gasteiger charge is -2.13. The standard InChI is InChI=1S/C21H19F3N2O4S/c22-21(23,24)30-15-9-7-14(8-10-15)25-18(27)13-31-12-4-3-11-26-19(28)16-5-1-2-6-17(16)20(26)29/h1-2,5-10H,3-4,11-13H2,(H,25,27). The number of unbranched alkanes of at least 4 members (excludes halogenated alkanes) is 1. The van der Waals surface area contributed by atoms with E-state index in [0.717, 1.165) is 18.6 Å². The number of rotatable bonds is 9. The molecule has 0 radical (unpaired) electrons. The summed E-state index contributed by atoms with van der Waals surface area (Å²) in [7, 11) is 0. The molecule has 0 saturated heterocycles. The topological polar surface area (TPSA) is 75.7 Å². The fraction of sp³-hybridized carbons (Fsp3) is 0.286. The molecule has 0 aliphatic carbocycles. The minimum absolute atomic E-state index is 0.174. The van der Waals surface area contributed by atoms with Crippen LogP contribution >= 0.6 is 11.8 Å². The molecular formula is C21H19F3N2O4S. The van der Waals surface area contributed by atoms with Crippen LogP contribution in [0.4, 0.5) is 18.9 Å². The van der Waals surface area contributed by atoms with Crippen LogP contribution in [-0.2, 0) is 4.79 Å². The lowest BCUT2D eigenvalue weighted by molar-refractivity contribution is -0.274. The first kappa shape index (κ1) is 22.7. The minimum Gasteiger partial charge on any atom is -0.406 e. The Morgan fingerprint density at radius 1 is 0.968 bits per heavy atom. The van der Waals surface area contributed by atoms with Gasteiger partial charge in [0, 0.05) is 12.2 Å². The van der Waals surface area contributed by atoms with E-state index < -0.39 is 6.36 Å². The number of carbonyl (C=O) groups excluding carboxylic acids is 3. The van der Waals surface area contributed by atoms with Crippen molar-refractivity contribution in [3.63, 3.8) is 0 Å². The quantitative estimate of drug-likeness (QED) is 0.453.